The molecule has 0 saturated carbocycles. The number of hydrogen-bond donors (Lipinski definition) is 2. The zero-order valence-corrected chi connectivity index (χ0v) is 20.7. The maximum Gasteiger partial charge on any atom is 0.253 e. The number of benzene rings is 1. The summed E-state index contributed by atoms with van der Waals surface area (Å²) in [4.78, 5) is 27.6. The van der Waals surface area contributed by atoms with E-state index in [4.69, 9.17) is 0 Å². The van der Waals surface area contributed by atoms with Gasteiger partial charge < -0.3 is 15.5 Å². The van der Waals surface area contributed by atoms with Gasteiger partial charge in [0, 0.05) is 37.4 Å². The van der Waals surface area contributed by atoms with Gasteiger partial charge in [-0.3, -0.25) is 9.59 Å². The Morgan fingerprint density at radius 1 is 0.938 bits per heavy atom. The van der Waals surface area contributed by atoms with E-state index in [1.807, 2.05) is 18.2 Å². The zero-order valence-electron chi connectivity index (χ0n) is 20.7. The summed E-state index contributed by atoms with van der Waals surface area (Å²) in [6.45, 7) is 9.03. The van der Waals surface area contributed by atoms with Crippen molar-refractivity contribution in [2.75, 3.05) is 29.9 Å². The number of nitrogens with zero attached hydrogens (tertiary/aromatic N) is 1. The van der Waals surface area contributed by atoms with Crippen LogP contribution < -0.4 is 15.5 Å². The maximum atomic E-state index is 12.9. The van der Waals surface area contributed by atoms with Crippen molar-refractivity contribution in [2.45, 2.75) is 97.8 Å². The largest absolute Gasteiger partial charge is 0.371 e. The van der Waals surface area contributed by atoms with Gasteiger partial charge in [0.2, 0.25) is 5.91 Å². The first kappa shape index (κ1) is 26.2. The first-order valence-electron chi connectivity index (χ1n) is 13.0. The lowest BCUT2D eigenvalue weighted by Crippen LogP contribution is -2.30. The molecule has 32 heavy (non-hydrogen) atoms. The zero-order chi connectivity index (χ0) is 23.2. The van der Waals surface area contributed by atoms with E-state index in [1.54, 1.807) is 0 Å². The third-order valence-corrected chi connectivity index (χ3v) is 6.15. The normalized spacial score (nSPS) is 13.6. The molecular weight excluding hydrogens is 398 g/mol. The van der Waals surface area contributed by atoms with E-state index in [1.165, 1.54) is 44.9 Å². The predicted octanol–water partition coefficient (Wildman–Crippen LogP) is 6.53. The molecule has 1 aliphatic rings. The van der Waals surface area contributed by atoms with Gasteiger partial charge in [0.15, 0.2) is 0 Å². The van der Waals surface area contributed by atoms with Gasteiger partial charge in [-0.1, -0.05) is 72.1 Å². The fourth-order valence-corrected chi connectivity index (χ4v) is 4.24. The summed E-state index contributed by atoms with van der Waals surface area (Å²) >= 11 is 0. The molecule has 1 heterocycles. The molecule has 0 bridgehead atoms. The maximum absolute atomic E-state index is 12.9. The van der Waals surface area contributed by atoms with Crippen LogP contribution in [-0.2, 0) is 4.79 Å². The summed E-state index contributed by atoms with van der Waals surface area (Å²) in [5.74, 6) is 0.374. The van der Waals surface area contributed by atoms with E-state index in [0.29, 0.717) is 30.1 Å². The van der Waals surface area contributed by atoms with Gasteiger partial charge in [0.05, 0.1) is 5.56 Å². The molecule has 5 heteroatoms. The molecule has 1 aromatic rings. The van der Waals surface area contributed by atoms with Gasteiger partial charge in [-0.05, 0) is 43.4 Å². The number of carbonyl (C=O) groups is 2. The highest BCUT2D eigenvalue weighted by molar-refractivity contribution is 6.02. The van der Waals surface area contributed by atoms with Crippen LogP contribution in [0.25, 0.3) is 0 Å². The monoisotopic (exact) mass is 443 g/mol. The number of hydrogen-bond acceptors (Lipinski definition) is 3. The number of nitrogens with one attached hydrogen (secondary N) is 2. The van der Waals surface area contributed by atoms with Crippen LogP contribution in [0.15, 0.2) is 18.2 Å². The quantitative estimate of drug-likeness (QED) is 0.303. The number of amides is 2. The Kier molecular flexibility index (Phi) is 12.2. The van der Waals surface area contributed by atoms with E-state index in [0.717, 1.165) is 44.5 Å². The Bertz CT molecular complexity index is 696. The molecule has 0 unspecified atom stereocenters. The molecule has 2 N–H and O–H groups in total. The second kappa shape index (κ2) is 14.9. The molecular formula is C27H45N3O2. The van der Waals surface area contributed by atoms with Crippen molar-refractivity contribution in [3.05, 3.63) is 23.8 Å². The highest BCUT2D eigenvalue weighted by Gasteiger charge is 2.20. The number of unbranched alkanes of at least 4 members (excludes halogenated alkanes) is 8. The van der Waals surface area contributed by atoms with Crippen molar-refractivity contribution in [3.63, 3.8) is 0 Å². The molecule has 0 aliphatic carbocycles. The molecule has 0 atom stereocenters. The van der Waals surface area contributed by atoms with Crippen molar-refractivity contribution in [2.24, 2.45) is 5.92 Å². The molecule has 1 aliphatic heterocycles. The fraction of sp³-hybridized carbons (Fsp3) is 0.704. The second-order valence-corrected chi connectivity index (χ2v) is 9.66. The number of carbonyl (C=O) groups excluding carboxylic acids is 2. The molecule has 180 valence electrons. The average molecular weight is 444 g/mol. The Morgan fingerprint density at radius 2 is 1.56 bits per heavy atom. The van der Waals surface area contributed by atoms with Crippen LogP contribution in [0.5, 0.6) is 0 Å². The topological polar surface area (TPSA) is 61.4 Å². The third kappa shape index (κ3) is 9.62. The van der Waals surface area contributed by atoms with E-state index >= 15 is 0 Å². The molecule has 0 radical (unpaired) electrons. The molecule has 0 spiro atoms. The lowest BCUT2D eigenvalue weighted by atomic mass is 10.1. The van der Waals surface area contributed by atoms with Crippen molar-refractivity contribution in [1.29, 1.82) is 0 Å². The van der Waals surface area contributed by atoms with E-state index in [-0.39, 0.29) is 11.8 Å². The summed E-state index contributed by atoms with van der Waals surface area (Å²) < 4.78 is 0. The number of rotatable bonds is 15. The second-order valence-electron chi connectivity index (χ2n) is 9.66. The van der Waals surface area contributed by atoms with Gasteiger partial charge in [-0.15, -0.1) is 0 Å². The van der Waals surface area contributed by atoms with E-state index in [9.17, 15) is 9.59 Å². The van der Waals surface area contributed by atoms with Crippen LogP contribution in [0.4, 0.5) is 11.4 Å². The molecule has 2 rings (SSSR count). The Morgan fingerprint density at radius 3 is 2.19 bits per heavy atom. The molecule has 1 fully saturated rings. The van der Waals surface area contributed by atoms with Crippen molar-refractivity contribution >= 4 is 23.2 Å². The minimum Gasteiger partial charge on any atom is -0.371 e. The Balaban J connectivity index is 1.83. The van der Waals surface area contributed by atoms with Gasteiger partial charge >= 0.3 is 0 Å². The Hall–Kier alpha value is -2.04. The van der Waals surface area contributed by atoms with Crippen LogP contribution in [0.2, 0.25) is 0 Å². The summed E-state index contributed by atoms with van der Waals surface area (Å²) in [5.41, 5.74) is 2.35. The SMILES string of the molecule is CCCCCCCCCCCC(=O)Nc1ccc(N2CCCC2)c(C(=O)NCC(C)C)c1. The standard InChI is InChI=1S/C27H45N3O2/c1-4-5-6-7-8-9-10-11-12-15-26(31)29-23-16-17-25(30-18-13-14-19-30)24(20-23)27(32)28-21-22(2)3/h16-17,20,22H,4-15,18-19,21H2,1-3H3,(H,28,32)(H,29,31). The Labute approximate surface area is 195 Å². The minimum atomic E-state index is -0.0596. The van der Waals surface area contributed by atoms with Crippen LogP contribution in [0.1, 0.15) is 108 Å². The van der Waals surface area contributed by atoms with Crippen molar-refractivity contribution in [1.82, 2.24) is 5.32 Å². The van der Waals surface area contributed by atoms with Crippen LogP contribution in [0, 0.1) is 5.92 Å². The first-order valence-corrected chi connectivity index (χ1v) is 13.0. The summed E-state index contributed by atoms with van der Waals surface area (Å²) in [5, 5.41) is 6.04. The summed E-state index contributed by atoms with van der Waals surface area (Å²) in [7, 11) is 0. The van der Waals surface area contributed by atoms with Gasteiger partial charge in [-0.2, -0.15) is 0 Å². The predicted molar refractivity (Wildman–Crippen MR) is 136 cm³/mol. The van der Waals surface area contributed by atoms with E-state index < -0.39 is 0 Å². The van der Waals surface area contributed by atoms with Crippen LogP contribution >= 0.6 is 0 Å². The fourth-order valence-electron chi connectivity index (χ4n) is 4.24. The molecule has 2 amide bonds. The smallest absolute Gasteiger partial charge is 0.253 e. The first-order chi connectivity index (χ1) is 15.5. The van der Waals surface area contributed by atoms with Gasteiger partial charge in [0.1, 0.15) is 0 Å². The lowest BCUT2D eigenvalue weighted by Gasteiger charge is -2.22. The van der Waals surface area contributed by atoms with Crippen molar-refractivity contribution < 1.29 is 9.59 Å². The van der Waals surface area contributed by atoms with E-state index in [2.05, 4.69) is 36.3 Å². The van der Waals surface area contributed by atoms with Gasteiger partial charge in [-0.25, -0.2) is 0 Å². The van der Waals surface area contributed by atoms with Gasteiger partial charge in [0.25, 0.3) is 5.91 Å². The molecule has 5 nitrogen and oxygen atoms in total. The lowest BCUT2D eigenvalue weighted by molar-refractivity contribution is -0.116. The summed E-state index contributed by atoms with van der Waals surface area (Å²) in [6.07, 6.45) is 14.0. The third-order valence-electron chi connectivity index (χ3n) is 6.15. The van der Waals surface area contributed by atoms with Crippen LogP contribution in [-0.4, -0.2) is 31.4 Å². The molecule has 0 aromatic heterocycles. The summed E-state index contributed by atoms with van der Waals surface area (Å²) in [6, 6.07) is 5.77. The van der Waals surface area contributed by atoms with Crippen molar-refractivity contribution in [3.8, 4) is 0 Å². The number of anilines is 2. The molecule has 1 aromatic carbocycles. The highest BCUT2D eigenvalue weighted by Crippen LogP contribution is 2.28. The average Bonchev–Trinajstić information content (AvgIpc) is 3.31. The minimum absolute atomic E-state index is 0.0374. The molecule has 1 saturated heterocycles. The van der Waals surface area contributed by atoms with Crippen LogP contribution in [0.3, 0.4) is 0 Å². The highest BCUT2D eigenvalue weighted by atomic mass is 16.2.